The summed E-state index contributed by atoms with van der Waals surface area (Å²) in [6, 6.07) is -0.343. The van der Waals surface area contributed by atoms with Crippen molar-refractivity contribution in [2.75, 3.05) is 26.8 Å². The molecule has 1 saturated carbocycles. The second kappa shape index (κ2) is 5.92. The third-order valence-electron chi connectivity index (χ3n) is 4.39. The van der Waals surface area contributed by atoms with Gasteiger partial charge in [0.25, 0.3) is 11.8 Å². The number of hydrogen-bond donors (Lipinski definition) is 1. The number of ether oxygens (including phenoxy) is 1. The summed E-state index contributed by atoms with van der Waals surface area (Å²) in [5, 5.41) is 2.71. The molecule has 2 amide bonds. The van der Waals surface area contributed by atoms with Crippen LogP contribution in [-0.4, -0.2) is 58.7 Å². The summed E-state index contributed by atoms with van der Waals surface area (Å²) < 4.78 is 20.8. The first-order valence-electron chi connectivity index (χ1n) is 7.80. The van der Waals surface area contributed by atoms with Gasteiger partial charge in [0.2, 0.25) is 0 Å². The maximum absolute atomic E-state index is 14.0. The molecule has 0 saturated heterocycles. The number of alkyl halides is 1. The largest absolute Gasteiger partial charge is 0.383 e. The van der Waals surface area contributed by atoms with E-state index in [1.807, 2.05) is 11.5 Å². The smallest absolute Gasteiger partial charge is 0.271 e. The van der Waals surface area contributed by atoms with Gasteiger partial charge < -0.3 is 19.5 Å². The molecular weight excluding hydrogens is 303 g/mol. The van der Waals surface area contributed by atoms with E-state index in [1.54, 1.807) is 13.3 Å². The third-order valence-corrected chi connectivity index (χ3v) is 4.39. The van der Waals surface area contributed by atoms with Crippen LogP contribution in [0.4, 0.5) is 4.39 Å². The molecule has 1 atom stereocenters. The van der Waals surface area contributed by atoms with E-state index in [0.717, 1.165) is 0 Å². The van der Waals surface area contributed by atoms with Crippen LogP contribution in [0.1, 0.15) is 42.1 Å². The van der Waals surface area contributed by atoms with Crippen LogP contribution in [-0.2, 0) is 16.1 Å². The molecule has 0 radical (unpaired) electrons. The Bertz CT molecular complexity index is 626. The average Bonchev–Trinajstić information content (AvgIpc) is 3.13. The molecule has 1 aliphatic carbocycles. The first-order valence-corrected chi connectivity index (χ1v) is 7.80. The Hall–Kier alpha value is -1.96. The van der Waals surface area contributed by atoms with Crippen LogP contribution in [0, 0.1) is 0 Å². The summed E-state index contributed by atoms with van der Waals surface area (Å²) in [5.74, 6) is -0.116. The van der Waals surface area contributed by atoms with Crippen molar-refractivity contribution in [3.05, 3.63) is 17.7 Å². The SMILES string of the molecule is COCCNC(=O)c1cn2c(n1)[C@@H](C)N(C(=O)C1(F)CC1)CC2. The number of hydrogen-bond acceptors (Lipinski definition) is 4. The quantitative estimate of drug-likeness (QED) is 0.808. The molecule has 126 valence electrons. The fourth-order valence-electron chi connectivity index (χ4n) is 2.82. The zero-order valence-corrected chi connectivity index (χ0v) is 13.3. The highest BCUT2D eigenvalue weighted by Gasteiger charge is 2.54. The first kappa shape index (κ1) is 15.9. The summed E-state index contributed by atoms with van der Waals surface area (Å²) in [7, 11) is 1.56. The van der Waals surface area contributed by atoms with Gasteiger partial charge in [0, 0.05) is 32.9 Å². The summed E-state index contributed by atoms with van der Waals surface area (Å²) in [4.78, 5) is 30.2. The number of methoxy groups -OCH3 is 1. The van der Waals surface area contributed by atoms with E-state index in [1.165, 1.54) is 4.90 Å². The minimum Gasteiger partial charge on any atom is -0.383 e. The van der Waals surface area contributed by atoms with Gasteiger partial charge in [-0.05, 0) is 19.8 Å². The second-order valence-electron chi connectivity index (χ2n) is 6.07. The Morgan fingerprint density at radius 2 is 2.22 bits per heavy atom. The number of fused-ring (bicyclic) bond motifs is 1. The summed E-state index contributed by atoms with van der Waals surface area (Å²) in [6.07, 6.45) is 2.28. The van der Waals surface area contributed by atoms with Gasteiger partial charge in [0.05, 0.1) is 12.6 Å². The van der Waals surface area contributed by atoms with Crippen LogP contribution in [0.5, 0.6) is 0 Å². The molecule has 0 bridgehead atoms. The second-order valence-corrected chi connectivity index (χ2v) is 6.07. The molecule has 7 nitrogen and oxygen atoms in total. The molecule has 23 heavy (non-hydrogen) atoms. The summed E-state index contributed by atoms with van der Waals surface area (Å²) >= 11 is 0. The minimum absolute atomic E-state index is 0.279. The van der Waals surface area contributed by atoms with Crippen molar-refractivity contribution in [3.63, 3.8) is 0 Å². The van der Waals surface area contributed by atoms with Crippen LogP contribution < -0.4 is 5.32 Å². The fraction of sp³-hybridized carbons (Fsp3) is 0.667. The lowest BCUT2D eigenvalue weighted by Crippen LogP contribution is -2.45. The number of nitrogens with zero attached hydrogens (tertiary/aromatic N) is 3. The van der Waals surface area contributed by atoms with Crippen LogP contribution in [0.25, 0.3) is 0 Å². The Morgan fingerprint density at radius 3 is 2.87 bits per heavy atom. The van der Waals surface area contributed by atoms with E-state index in [9.17, 15) is 14.0 Å². The van der Waals surface area contributed by atoms with E-state index in [-0.39, 0.29) is 11.9 Å². The molecule has 3 rings (SSSR count). The predicted octanol–water partition coefficient (Wildman–Crippen LogP) is 0.665. The number of carbonyl (C=O) groups excluding carboxylic acids is 2. The number of imidazole rings is 1. The predicted molar refractivity (Wildman–Crippen MR) is 79.6 cm³/mol. The molecule has 8 heteroatoms. The Balaban J connectivity index is 1.72. The van der Waals surface area contributed by atoms with Gasteiger partial charge >= 0.3 is 0 Å². The van der Waals surface area contributed by atoms with Gasteiger partial charge in [-0.15, -0.1) is 0 Å². The highest BCUT2D eigenvalue weighted by molar-refractivity contribution is 5.92. The van der Waals surface area contributed by atoms with E-state index in [0.29, 0.717) is 50.6 Å². The number of carbonyl (C=O) groups is 2. The highest BCUT2D eigenvalue weighted by Crippen LogP contribution is 2.43. The van der Waals surface area contributed by atoms with Crippen molar-refractivity contribution >= 4 is 11.8 Å². The molecule has 0 aromatic carbocycles. The number of amides is 2. The molecule has 1 aromatic rings. The molecule has 1 fully saturated rings. The van der Waals surface area contributed by atoms with E-state index in [2.05, 4.69) is 10.3 Å². The number of nitrogens with one attached hydrogen (secondary N) is 1. The molecular formula is C15H21FN4O3. The van der Waals surface area contributed by atoms with Gasteiger partial charge in [-0.1, -0.05) is 0 Å². The van der Waals surface area contributed by atoms with Gasteiger partial charge in [0.1, 0.15) is 11.5 Å². The fourth-order valence-corrected chi connectivity index (χ4v) is 2.82. The molecule has 0 spiro atoms. The topological polar surface area (TPSA) is 76.5 Å². The normalized spacial score (nSPS) is 21.7. The standard InChI is InChI=1S/C15H21FN4O3/c1-10-12-18-11(13(21)17-5-8-23-2)9-19(12)6-7-20(10)14(22)15(16)3-4-15/h9-10H,3-8H2,1-2H3,(H,17,21)/t10-/m1/s1. The molecule has 2 heterocycles. The van der Waals surface area contributed by atoms with Gasteiger partial charge in [-0.25, -0.2) is 9.37 Å². The lowest BCUT2D eigenvalue weighted by Gasteiger charge is -2.34. The molecule has 1 aromatic heterocycles. The van der Waals surface area contributed by atoms with Gasteiger partial charge in [0.15, 0.2) is 5.67 Å². The van der Waals surface area contributed by atoms with Gasteiger partial charge in [-0.3, -0.25) is 9.59 Å². The minimum atomic E-state index is -1.68. The Morgan fingerprint density at radius 1 is 1.48 bits per heavy atom. The van der Waals surface area contributed by atoms with Crippen molar-refractivity contribution in [2.45, 2.75) is 38.0 Å². The average molecular weight is 324 g/mol. The van der Waals surface area contributed by atoms with Gasteiger partial charge in [-0.2, -0.15) is 0 Å². The Labute approximate surface area is 133 Å². The monoisotopic (exact) mass is 324 g/mol. The lowest BCUT2D eigenvalue weighted by atomic mass is 10.1. The molecule has 2 aliphatic rings. The van der Waals surface area contributed by atoms with Crippen LogP contribution in [0.3, 0.4) is 0 Å². The van der Waals surface area contributed by atoms with E-state index in [4.69, 9.17) is 4.74 Å². The third kappa shape index (κ3) is 2.95. The molecule has 1 aliphatic heterocycles. The maximum atomic E-state index is 14.0. The lowest BCUT2D eigenvalue weighted by molar-refractivity contribution is -0.141. The van der Waals surface area contributed by atoms with Crippen LogP contribution in [0.15, 0.2) is 6.20 Å². The first-order chi connectivity index (χ1) is 11.0. The summed E-state index contributed by atoms with van der Waals surface area (Å²) in [5.41, 5.74) is -1.37. The number of rotatable bonds is 5. The van der Waals surface area contributed by atoms with E-state index < -0.39 is 11.6 Å². The van der Waals surface area contributed by atoms with E-state index >= 15 is 0 Å². The van der Waals surface area contributed by atoms with Crippen molar-refractivity contribution < 1.29 is 18.7 Å². The molecule has 0 unspecified atom stereocenters. The van der Waals surface area contributed by atoms with Crippen molar-refractivity contribution in [1.82, 2.24) is 19.8 Å². The zero-order valence-electron chi connectivity index (χ0n) is 13.3. The van der Waals surface area contributed by atoms with Crippen LogP contribution >= 0.6 is 0 Å². The highest BCUT2D eigenvalue weighted by atomic mass is 19.1. The van der Waals surface area contributed by atoms with Crippen LogP contribution in [0.2, 0.25) is 0 Å². The van der Waals surface area contributed by atoms with Crippen molar-refractivity contribution in [3.8, 4) is 0 Å². The zero-order chi connectivity index (χ0) is 16.6. The number of halogens is 1. The number of aromatic nitrogens is 2. The molecule has 1 N–H and O–H groups in total. The summed E-state index contributed by atoms with van der Waals surface area (Å²) in [6.45, 7) is 3.59. The maximum Gasteiger partial charge on any atom is 0.271 e. The van der Waals surface area contributed by atoms with Crippen molar-refractivity contribution in [1.29, 1.82) is 0 Å². The Kier molecular flexibility index (Phi) is 4.09. The van der Waals surface area contributed by atoms with Crippen molar-refractivity contribution in [2.24, 2.45) is 0 Å².